The molecule has 0 amide bonds. The number of carbonyl (C=O) groups is 1. The summed E-state index contributed by atoms with van der Waals surface area (Å²) in [6.07, 6.45) is 4.79. The molecule has 2 heterocycles. The van der Waals surface area contributed by atoms with Crippen LogP contribution in [0.1, 0.15) is 29.8 Å². The first kappa shape index (κ1) is 19.7. The Morgan fingerprint density at radius 1 is 1.24 bits per heavy atom. The van der Waals surface area contributed by atoms with Gasteiger partial charge in [-0.2, -0.15) is 0 Å². The summed E-state index contributed by atoms with van der Waals surface area (Å²) in [5.41, 5.74) is 2.20. The second-order valence-corrected chi connectivity index (χ2v) is 8.68. The Morgan fingerprint density at radius 2 is 2.00 bits per heavy atom. The van der Waals surface area contributed by atoms with Crippen molar-refractivity contribution in [2.75, 3.05) is 6.61 Å². The van der Waals surface area contributed by atoms with Gasteiger partial charge < -0.3 is 14.4 Å². The maximum atomic E-state index is 11.7. The fourth-order valence-corrected chi connectivity index (χ4v) is 5.04. The van der Waals surface area contributed by atoms with E-state index in [2.05, 4.69) is 33.8 Å². The quantitative estimate of drug-likeness (QED) is 0.641. The molecule has 0 saturated carbocycles. The molecule has 4 rings (SSSR count). The van der Waals surface area contributed by atoms with Gasteiger partial charge in [0.1, 0.15) is 10.8 Å². The summed E-state index contributed by atoms with van der Waals surface area (Å²) >= 11 is 1.60. The van der Waals surface area contributed by atoms with Gasteiger partial charge in [0, 0.05) is 36.9 Å². The fraction of sp³-hybridized carbons (Fsp3) is 0.304. The Hall–Kier alpha value is -2.57. The van der Waals surface area contributed by atoms with Crippen molar-refractivity contribution in [3.63, 3.8) is 0 Å². The van der Waals surface area contributed by atoms with Crippen LogP contribution < -0.4 is 0 Å². The van der Waals surface area contributed by atoms with Crippen LogP contribution in [0.15, 0.2) is 71.9 Å². The smallest absolute Gasteiger partial charge is 0.306 e. The molecule has 0 spiro atoms. The van der Waals surface area contributed by atoms with Crippen LogP contribution in [0.4, 0.5) is 0 Å². The summed E-state index contributed by atoms with van der Waals surface area (Å²) < 4.78 is 8.36. The summed E-state index contributed by atoms with van der Waals surface area (Å²) in [6.45, 7) is 3.21. The van der Waals surface area contributed by atoms with Crippen LogP contribution in [0.3, 0.4) is 0 Å². The SMILES string of the molecule is Cc1nccn1Cc1ccc(SC2(c3ccccc3)CC(C(=O)O)CCO2)cc1. The third-order valence-corrected chi connectivity index (χ3v) is 6.72. The van der Waals surface area contributed by atoms with E-state index in [-0.39, 0.29) is 0 Å². The number of nitrogens with zero attached hydrogens (tertiary/aromatic N) is 2. The Balaban J connectivity index is 1.58. The third-order valence-electron chi connectivity index (χ3n) is 5.36. The molecule has 2 unspecified atom stereocenters. The number of aromatic nitrogens is 2. The van der Waals surface area contributed by atoms with E-state index in [4.69, 9.17) is 4.74 Å². The Bertz CT molecular complexity index is 971. The van der Waals surface area contributed by atoms with Crippen molar-refractivity contribution in [2.24, 2.45) is 5.92 Å². The summed E-state index contributed by atoms with van der Waals surface area (Å²) in [5.74, 6) is -0.165. The van der Waals surface area contributed by atoms with Gasteiger partial charge in [0.25, 0.3) is 0 Å². The van der Waals surface area contributed by atoms with Crippen LogP contribution in [0.2, 0.25) is 0 Å². The van der Waals surface area contributed by atoms with E-state index in [1.54, 1.807) is 11.8 Å². The van der Waals surface area contributed by atoms with E-state index in [1.165, 1.54) is 5.56 Å². The zero-order chi connectivity index (χ0) is 20.3. The van der Waals surface area contributed by atoms with Gasteiger partial charge in [-0.05, 0) is 36.6 Å². The van der Waals surface area contributed by atoms with Crippen molar-refractivity contribution < 1.29 is 14.6 Å². The molecule has 0 radical (unpaired) electrons. The molecule has 1 aliphatic heterocycles. The standard InChI is InChI=1S/C23H24N2O3S/c1-17-24-12-13-25(17)16-18-7-9-21(10-8-18)29-23(20-5-3-2-4-6-20)15-19(22(26)27)11-14-28-23/h2-10,12-13,19H,11,14-16H2,1H3,(H,26,27). The molecule has 2 atom stereocenters. The number of ether oxygens (including phenoxy) is 1. The van der Waals surface area contributed by atoms with Crippen molar-refractivity contribution in [1.29, 1.82) is 0 Å². The van der Waals surface area contributed by atoms with Gasteiger partial charge in [0.15, 0.2) is 0 Å². The lowest BCUT2D eigenvalue weighted by atomic mass is 9.91. The number of rotatable bonds is 6. The molecule has 2 aromatic carbocycles. The molecule has 3 aromatic rings. The number of aryl methyl sites for hydroxylation is 1. The molecule has 1 saturated heterocycles. The van der Waals surface area contributed by atoms with E-state index < -0.39 is 16.8 Å². The monoisotopic (exact) mass is 408 g/mol. The molecular weight excluding hydrogens is 384 g/mol. The molecule has 150 valence electrons. The highest BCUT2D eigenvalue weighted by Gasteiger charge is 2.42. The maximum absolute atomic E-state index is 11.7. The van der Waals surface area contributed by atoms with Gasteiger partial charge in [0.2, 0.25) is 0 Å². The number of hydrogen-bond acceptors (Lipinski definition) is 4. The Labute approximate surface area is 174 Å². The van der Waals surface area contributed by atoms with E-state index in [0.717, 1.165) is 22.8 Å². The first-order valence-electron chi connectivity index (χ1n) is 9.74. The van der Waals surface area contributed by atoms with Crippen LogP contribution >= 0.6 is 11.8 Å². The highest BCUT2D eigenvalue weighted by molar-refractivity contribution is 8.00. The number of thioether (sulfide) groups is 1. The highest BCUT2D eigenvalue weighted by Crippen LogP contribution is 2.49. The van der Waals surface area contributed by atoms with Gasteiger partial charge in [-0.15, -0.1) is 0 Å². The minimum atomic E-state index is -0.750. The topological polar surface area (TPSA) is 64.4 Å². The minimum absolute atomic E-state index is 0.403. The number of benzene rings is 2. The molecular formula is C23H24N2O3S. The van der Waals surface area contributed by atoms with E-state index in [0.29, 0.717) is 19.4 Å². The average molecular weight is 409 g/mol. The molecule has 1 aliphatic rings. The summed E-state index contributed by atoms with van der Waals surface area (Å²) in [7, 11) is 0. The van der Waals surface area contributed by atoms with Crippen molar-refractivity contribution in [3.05, 3.63) is 83.9 Å². The minimum Gasteiger partial charge on any atom is -0.481 e. The van der Waals surface area contributed by atoms with Crippen LogP contribution in [0.5, 0.6) is 0 Å². The van der Waals surface area contributed by atoms with E-state index in [9.17, 15) is 9.90 Å². The van der Waals surface area contributed by atoms with E-state index >= 15 is 0 Å². The average Bonchev–Trinajstić information content (AvgIpc) is 3.15. The normalized spacial score (nSPS) is 21.8. The zero-order valence-corrected chi connectivity index (χ0v) is 17.1. The second kappa shape index (κ2) is 8.43. The molecule has 5 nitrogen and oxygen atoms in total. The van der Waals surface area contributed by atoms with E-state index in [1.807, 2.05) is 49.6 Å². The predicted molar refractivity (Wildman–Crippen MR) is 113 cm³/mol. The number of aliphatic carboxylic acids is 1. The van der Waals surface area contributed by atoms with Gasteiger partial charge >= 0.3 is 5.97 Å². The highest BCUT2D eigenvalue weighted by atomic mass is 32.2. The van der Waals surface area contributed by atoms with Crippen molar-refractivity contribution >= 4 is 17.7 Å². The first-order valence-corrected chi connectivity index (χ1v) is 10.6. The van der Waals surface area contributed by atoms with Crippen molar-refractivity contribution in [3.8, 4) is 0 Å². The lowest BCUT2D eigenvalue weighted by Crippen LogP contribution is -2.37. The second-order valence-electron chi connectivity index (χ2n) is 7.34. The Kier molecular flexibility index (Phi) is 5.74. The van der Waals surface area contributed by atoms with Crippen molar-refractivity contribution in [2.45, 2.75) is 36.1 Å². The van der Waals surface area contributed by atoms with Gasteiger partial charge in [0.05, 0.1) is 5.92 Å². The zero-order valence-electron chi connectivity index (χ0n) is 16.3. The largest absolute Gasteiger partial charge is 0.481 e. The van der Waals surface area contributed by atoms with Gasteiger partial charge in [-0.25, -0.2) is 4.98 Å². The lowest BCUT2D eigenvalue weighted by molar-refractivity contribution is -0.148. The first-order chi connectivity index (χ1) is 14.1. The predicted octanol–water partition coefficient (Wildman–Crippen LogP) is 4.70. The molecule has 1 aromatic heterocycles. The third kappa shape index (κ3) is 4.38. The molecule has 1 fully saturated rings. The van der Waals surface area contributed by atoms with Crippen LogP contribution in [-0.2, 0) is 21.0 Å². The molecule has 0 aliphatic carbocycles. The summed E-state index contributed by atoms with van der Waals surface area (Å²) in [4.78, 5) is 16.3. The number of imidazole rings is 1. The number of carboxylic acid groups (broad SMARTS) is 1. The maximum Gasteiger partial charge on any atom is 0.306 e. The summed E-state index contributed by atoms with van der Waals surface area (Å²) in [6, 6.07) is 18.3. The van der Waals surface area contributed by atoms with Gasteiger partial charge in [-0.3, -0.25) is 4.79 Å². The molecule has 6 heteroatoms. The number of hydrogen-bond donors (Lipinski definition) is 1. The van der Waals surface area contributed by atoms with Crippen molar-refractivity contribution in [1.82, 2.24) is 9.55 Å². The summed E-state index contributed by atoms with van der Waals surface area (Å²) in [5, 5.41) is 9.59. The molecule has 29 heavy (non-hydrogen) atoms. The number of carboxylic acids is 1. The molecule has 0 bridgehead atoms. The molecule has 1 N–H and O–H groups in total. The van der Waals surface area contributed by atoms with Crippen LogP contribution in [-0.4, -0.2) is 27.2 Å². The lowest BCUT2D eigenvalue weighted by Gasteiger charge is -2.39. The van der Waals surface area contributed by atoms with Crippen LogP contribution in [0.25, 0.3) is 0 Å². The fourth-order valence-electron chi connectivity index (χ4n) is 3.71. The van der Waals surface area contributed by atoms with Crippen LogP contribution in [0, 0.1) is 12.8 Å². The van der Waals surface area contributed by atoms with Gasteiger partial charge in [-0.1, -0.05) is 54.2 Å². The Morgan fingerprint density at radius 3 is 2.66 bits per heavy atom.